The second-order valence-electron chi connectivity index (χ2n) is 16.0. The van der Waals surface area contributed by atoms with Crippen LogP contribution < -0.4 is 5.32 Å². The van der Waals surface area contributed by atoms with Crippen molar-refractivity contribution < 1.29 is 20.4 Å². The average Bonchev–Trinajstić information content (AvgIpc) is 3.19. The number of aryl methyl sites for hydroxylation is 3. The highest BCUT2D eigenvalue weighted by atomic mass is 35.5. The molecule has 10 nitrogen and oxygen atoms in total. The van der Waals surface area contributed by atoms with E-state index in [0.29, 0.717) is 28.0 Å². The molecule has 328 valence electrons. The lowest BCUT2D eigenvalue weighted by Crippen LogP contribution is -2.22. The Hall–Kier alpha value is -5.36. The van der Waals surface area contributed by atoms with Crippen LogP contribution in [0.2, 0.25) is 5.02 Å². The molecule has 0 aliphatic rings. The Bertz CT molecular complexity index is 2260. The van der Waals surface area contributed by atoms with Gasteiger partial charge in [-0.05, 0) is 148 Å². The first kappa shape index (κ1) is 50.0. The van der Waals surface area contributed by atoms with Gasteiger partial charge in [0, 0.05) is 76.4 Å². The Morgan fingerprint density at radius 2 is 1.15 bits per heavy atom. The van der Waals surface area contributed by atoms with Crippen LogP contribution in [0.25, 0.3) is 10.9 Å². The molecule has 0 bridgehead atoms. The number of halogens is 1. The number of phenolic OH excluding ortho intramolecular Hbond substituents is 4. The van der Waals surface area contributed by atoms with Gasteiger partial charge in [0.15, 0.2) is 0 Å². The molecular weight excluding hydrogens is 784 g/mol. The van der Waals surface area contributed by atoms with Crippen LogP contribution in [0.3, 0.4) is 0 Å². The van der Waals surface area contributed by atoms with Gasteiger partial charge < -0.3 is 40.4 Å². The summed E-state index contributed by atoms with van der Waals surface area (Å²) in [7, 11) is 11.9. The summed E-state index contributed by atoms with van der Waals surface area (Å²) in [4.78, 5) is 12.7. The predicted octanol–water partition coefficient (Wildman–Crippen LogP) is 10.5. The molecule has 0 amide bonds. The van der Waals surface area contributed by atoms with Crippen LogP contribution in [0.1, 0.15) is 52.8 Å². The molecule has 61 heavy (non-hydrogen) atoms. The molecule has 0 fully saturated rings. The Labute approximate surface area is 369 Å². The minimum atomic E-state index is 0.323. The van der Waals surface area contributed by atoms with E-state index in [4.69, 9.17) is 11.6 Å². The van der Waals surface area contributed by atoms with Crippen molar-refractivity contribution >= 4 is 33.9 Å². The van der Waals surface area contributed by atoms with Gasteiger partial charge >= 0.3 is 0 Å². The smallest absolute Gasteiger partial charge is 0.120 e. The zero-order valence-electron chi connectivity index (χ0n) is 38.0. The summed E-state index contributed by atoms with van der Waals surface area (Å²) in [6.45, 7) is 15.2. The molecule has 0 aliphatic heterocycles. The van der Waals surface area contributed by atoms with Gasteiger partial charge in [0.25, 0.3) is 0 Å². The van der Waals surface area contributed by atoms with Gasteiger partial charge in [-0.1, -0.05) is 67.4 Å². The highest BCUT2D eigenvalue weighted by Crippen LogP contribution is 2.30. The van der Waals surface area contributed by atoms with Crippen molar-refractivity contribution in [2.75, 3.05) is 60.7 Å². The minimum Gasteiger partial charge on any atom is -0.508 e. The van der Waals surface area contributed by atoms with E-state index in [-0.39, 0.29) is 0 Å². The van der Waals surface area contributed by atoms with E-state index < -0.39 is 0 Å². The SMILES string of the molecule is CCN(CC)Cc1cc(Nc2ccnc3cc(Cl)ccc23)ccc1O.Cc1ccc(CN(C)C)c(O)c1.Cc1ccc(O)c(CN(C)C)c1.Cc1cccc(O)c1CN(C)C. The quantitative estimate of drug-likeness (QED) is 0.0762. The van der Waals surface area contributed by atoms with Crippen molar-refractivity contribution in [3.05, 3.63) is 147 Å². The minimum absolute atomic E-state index is 0.323. The van der Waals surface area contributed by atoms with Crippen LogP contribution in [0, 0.1) is 20.8 Å². The normalized spacial score (nSPS) is 10.9. The summed E-state index contributed by atoms with van der Waals surface area (Å²) in [5, 5.41) is 43.8. The molecule has 5 N–H and O–H groups in total. The number of rotatable bonds is 12. The maximum absolute atomic E-state index is 10.2. The Morgan fingerprint density at radius 3 is 1.75 bits per heavy atom. The number of pyridine rings is 1. The number of hydrogen-bond acceptors (Lipinski definition) is 10. The van der Waals surface area contributed by atoms with Crippen LogP contribution >= 0.6 is 11.6 Å². The summed E-state index contributed by atoms with van der Waals surface area (Å²) >= 11 is 6.05. The van der Waals surface area contributed by atoms with Gasteiger partial charge in [-0.15, -0.1) is 0 Å². The van der Waals surface area contributed by atoms with Crippen LogP contribution in [0.15, 0.2) is 103 Å². The van der Waals surface area contributed by atoms with Crippen LogP contribution in [-0.2, 0) is 26.2 Å². The molecule has 6 rings (SSSR count). The highest BCUT2D eigenvalue weighted by molar-refractivity contribution is 6.31. The molecular formula is C50H67ClN6O4. The van der Waals surface area contributed by atoms with Crippen LogP contribution in [-0.4, -0.2) is 100 Å². The standard InChI is InChI=1S/C20H22ClN3O.3C10H15NO/c1-3-24(4-2)13-14-11-16(6-8-20(14)25)23-18-9-10-22-19-12-15(21)5-7-17(18)19;1-8-4-5-10(12)9(6-8)7-11(2)3;1-8-4-5-9(7-11(2)3)10(12)6-8;1-8-5-4-6-10(12)9(8)7-11(2)3/h5-12,25H,3-4,13H2,1-2H3,(H,22,23);3*4-6,12H,7H2,1-3H3. The maximum Gasteiger partial charge on any atom is 0.120 e. The summed E-state index contributed by atoms with van der Waals surface area (Å²) in [5.74, 6) is 1.49. The van der Waals surface area contributed by atoms with Crippen molar-refractivity contribution in [3.63, 3.8) is 0 Å². The molecule has 0 saturated heterocycles. The van der Waals surface area contributed by atoms with E-state index in [2.05, 4.69) is 29.0 Å². The number of anilines is 2. The van der Waals surface area contributed by atoms with Crippen LogP contribution in [0.5, 0.6) is 23.0 Å². The fraction of sp³-hybridized carbons (Fsp3) is 0.340. The number of phenols is 4. The fourth-order valence-electron chi connectivity index (χ4n) is 6.40. The first-order valence-corrected chi connectivity index (χ1v) is 20.9. The molecule has 1 heterocycles. The maximum atomic E-state index is 10.2. The summed E-state index contributed by atoms with van der Waals surface area (Å²) in [6, 6.07) is 30.3. The van der Waals surface area contributed by atoms with Gasteiger partial charge in [0.2, 0.25) is 0 Å². The molecule has 5 aromatic carbocycles. The van der Waals surface area contributed by atoms with E-state index in [1.165, 1.54) is 5.56 Å². The van der Waals surface area contributed by atoms with Crippen molar-refractivity contribution in [1.29, 1.82) is 0 Å². The summed E-state index contributed by atoms with van der Waals surface area (Å²) in [5.41, 5.74) is 10.1. The zero-order valence-corrected chi connectivity index (χ0v) is 38.7. The van der Waals surface area contributed by atoms with E-state index in [1.54, 1.807) is 30.5 Å². The van der Waals surface area contributed by atoms with Gasteiger partial charge in [0.05, 0.1) is 5.52 Å². The third kappa shape index (κ3) is 16.9. The lowest BCUT2D eigenvalue weighted by molar-refractivity contribution is 0.291. The molecule has 0 atom stereocenters. The van der Waals surface area contributed by atoms with E-state index in [0.717, 1.165) is 94.9 Å². The second-order valence-corrected chi connectivity index (χ2v) is 16.4. The van der Waals surface area contributed by atoms with Gasteiger partial charge in [-0.25, -0.2) is 0 Å². The van der Waals surface area contributed by atoms with Crippen molar-refractivity contribution in [2.24, 2.45) is 0 Å². The largest absolute Gasteiger partial charge is 0.508 e. The molecule has 1 aromatic heterocycles. The first-order valence-electron chi connectivity index (χ1n) is 20.5. The Kier molecular flexibility index (Phi) is 20.3. The third-order valence-corrected chi connectivity index (χ3v) is 9.90. The zero-order chi connectivity index (χ0) is 45.2. The molecule has 0 saturated carbocycles. The number of fused-ring (bicyclic) bond motifs is 1. The third-order valence-electron chi connectivity index (χ3n) is 9.66. The lowest BCUT2D eigenvalue weighted by Gasteiger charge is -2.19. The molecule has 0 spiro atoms. The number of nitrogens with one attached hydrogen (secondary N) is 1. The molecule has 0 unspecified atom stereocenters. The van der Waals surface area contributed by atoms with E-state index in [9.17, 15) is 20.4 Å². The number of hydrogen-bond donors (Lipinski definition) is 5. The highest BCUT2D eigenvalue weighted by Gasteiger charge is 2.10. The second kappa shape index (κ2) is 24.8. The Morgan fingerprint density at radius 1 is 0.557 bits per heavy atom. The van der Waals surface area contributed by atoms with E-state index in [1.807, 2.05) is 151 Å². The summed E-state index contributed by atoms with van der Waals surface area (Å²) in [6.07, 6.45) is 1.76. The molecule has 0 aliphatic carbocycles. The van der Waals surface area contributed by atoms with Crippen LogP contribution in [0.4, 0.5) is 11.4 Å². The van der Waals surface area contributed by atoms with Gasteiger partial charge in [-0.2, -0.15) is 0 Å². The van der Waals surface area contributed by atoms with Crippen molar-refractivity contribution in [3.8, 4) is 23.0 Å². The monoisotopic (exact) mass is 850 g/mol. The summed E-state index contributed by atoms with van der Waals surface area (Å²) < 4.78 is 0. The number of nitrogens with zero attached hydrogens (tertiary/aromatic N) is 5. The molecule has 0 radical (unpaired) electrons. The van der Waals surface area contributed by atoms with Gasteiger partial charge in [-0.3, -0.25) is 9.88 Å². The predicted molar refractivity (Wildman–Crippen MR) is 255 cm³/mol. The fourth-order valence-corrected chi connectivity index (χ4v) is 6.57. The topological polar surface area (TPSA) is 119 Å². The van der Waals surface area contributed by atoms with Gasteiger partial charge in [0.1, 0.15) is 23.0 Å². The lowest BCUT2D eigenvalue weighted by atomic mass is 10.1. The molecule has 11 heteroatoms. The molecule has 6 aromatic rings. The number of aromatic nitrogens is 1. The number of benzene rings is 5. The van der Waals surface area contributed by atoms with E-state index >= 15 is 0 Å². The van der Waals surface area contributed by atoms with Crippen molar-refractivity contribution in [2.45, 2.75) is 60.8 Å². The first-order chi connectivity index (χ1) is 28.9. The van der Waals surface area contributed by atoms with Crippen molar-refractivity contribution in [1.82, 2.24) is 24.6 Å². The Balaban J connectivity index is 0.000000234. The average molecular weight is 852 g/mol. The number of aromatic hydroxyl groups is 4.